The van der Waals surface area contributed by atoms with Gasteiger partial charge in [0, 0.05) is 38.7 Å². The highest BCUT2D eigenvalue weighted by molar-refractivity contribution is 5.91. The summed E-state index contributed by atoms with van der Waals surface area (Å²) >= 11 is 0. The summed E-state index contributed by atoms with van der Waals surface area (Å²) in [6, 6.07) is 4.58. The van der Waals surface area contributed by atoms with E-state index >= 15 is 0 Å². The van der Waals surface area contributed by atoms with Crippen molar-refractivity contribution in [2.75, 3.05) is 49.7 Å². The lowest BCUT2D eigenvalue weighted by Crippen LogP contribution is -2.61. The van der Waals surface area contributed by atoms with Crippen LogP contribution in [0.25, 0.3) is 0 Å². The highest BCUT2D eigenvalue weighted by Crippen LogP contribution is 2.46. The SMILES string of the molecule is CCOC(=O)N1c2ccc(OC)nc2[C@@H](c2ncc(N3CCN(C#N)CC3)c(Cc3cc(C(F)(F)F)cc(C(F)(F)F)c3)n2)C[C@@]1(N)CC. The minimum Gasteiger partial charge on any atom is -0.481 e. The molecule has 11 nitrogen and oxygen atoms in total. The van der Waals surface area contributed by atoms with E-state index in [0.717, 1.165) is 0 Å². The fraction of sp³-hybridized carbons (Fsp3) is 0.469. The number of piperazine rings is 1. The molecule has 4 heterocycles. The fourth-order valence-electron chi connectivity index (χ4n) is 6.12. The molecule has 0 spiro atoms. The number of methoxy groups -OCH3 is 1. The Hall–Kier alpha value is -4.85. The number of fused-ring (bicyclic) bond motifs is 1. The van der Waals surface area contributed by atoms with Crippen molar-refractivity contribution >= 4 is 17.5 Å². The molecule has 262 valence electrons. The predicted molar refractivity (Wildman–Crippen MR) is 165 cm³/mol. The second-order valence-corrected chi connectivity index (χ2v) is 11.7. The zero-order valence-electron chi connectivity index (χ0n) is 26.9. The summed E-state index contributed by atoms with van der Waals surface area (Å²) in [5, 5.41) is 9.32. The van der Waals surface area contributed by atoms with Gasteiger partial charge < -0.3 is 25.0 Å². The summed E-state index contributed by atoms with van der Waals surface area (Å²) in [6.45, 7) is 4.88. The summed E-state index contributed by atoms with van der Waals surface area (Å²) in [7, 11) is 1.41. The first-order valence-electron chi connectivity index (χ1n) is 15.5. The number of rotatable bonds is 7. The molecule has 0 unspecified atom stereocenters. The van der Waals surface area contributed by atoms with Gasteiger partial charge in [-0.1, -0.05) is 6.92 Å². The number of aromatic nitrogens is 3. The first-order chi connectivity index (χ1) is 23.1. The Labute approximate surface area is 278 Å². The van der Waals surface area contributed by atoms with Gasteiger partial charge in [0.15, 0.2) is 6.19 Å². The van der Waals surface area contributed by atoms with E-state index in [-0.39, 0.29) is 48.5 Å². The van der Waals surface area contributed by atoms with E-state index in [0.29, 0.717) is 55.4 Å². The molecule has 0 radical (unpaired) electrons. The van der Waals surface area contributed by atoms with Crippen LogP contribution in [-0.4, -0.2) is 71.5 Å². The quantitative estimate of drug-likeness (QED) is 0.244. The van der Waals surface area contributed by atoms with Crippen molar-refractivity contribution in [3.8, 4) is 12.1 Å². The lowest BCUT2D eigenvalue weighted by atomic mass is 9.83. The lowest BCUT2D eigenvalue weighted by Gasteiger charge is -2.46. The number of hydrogen-bond donors (Lipinski definition) is 1. The van der Waals surface area contributed by atoms with Crippen LogP contribution in [0, 0.1) is 11.5 Å². The maximum absolute atomic E-state index is 13.8. The summed E-state index contributed by atoms with van der Waals surface area (Å²) in [4.78, 5) is 31.9. The number of nitriles is 1. The van der Waals surface area contributed by atoms with Crippen molar-refractivity contribution in [1.29, 1.82) is 5.26 Å². The van der Waals surface area contributed by atoms with Crippen LogP contribution in [-0.2, 0) is 23.5 Å². The normalized spacial score (nSPS) is 19.7. The van der Waals surface area contributed by atoms with Crippen LogP contribution in [0.2, 0.25) is 0 Å². The highest BCUT2D eigenvalue weighted by atomic mass is 19.4. The Morgan fingerprint density at radius 2 is 1.67 bits per heavy atom. The lowest BCUT2D eigenvalue weighted by molar-refractivity contribution is -0.143. The number of hydrogen-bond acceptors (Lipinski definition) is 10. The number of anilines is 2. The number of benzene rings is 1. The van der Waals surface area contributed by atoms with Gasteiger partial charge in [0.25, 0.3) is 0 Å². The second kappa shape index (κ2) is 13.6. The first kappa shape index (κ1) is 35.5. The number of ether oxygens (including phenoxy) is 2. The molecule has 2 atom stereocenters. The topological polar surface area (TPSA) is 134 Å². The fourth-order valence-corrected chi connectivity index (χ4v) is 6.12. The van der Waals surface area contributed by atoms with Gasteiger partial charge in [-0.25, -0.2) is 19.7 Å². The molecular formula is C32H34F6N8O3. The van der Waals surface area contributed by atoms with E-state index in [2.05, 4.69) is 16.2 Å². The van der Waals surface area contributed by atoms with Crippen molar-refractivity contribution in [2.24, 2.45) is 5.73 Å². The molecule has 1 aromatic carbocycles. The van der Waals surface area contributed by atoms with E-state index < -0.39 is 47.6 Å². The largest absolute Gasteiger partial charge is 0.481 e. The van der Waals surface area contributed by atoms with E-state index in [1.807, 2.05) is 4.90 Å². The molecule has 2 N–H and O–H groups in total. The van der Waals surface area contributed by atoms with Crippen molar-refractivity contribution in [3.63, 3.8) is 0 Å². The second-order valence-electron chi connectivity index (χ2n) is 11.7. The van der Waals surface area contributed by atoms with Gasteiger partial charge in [-0.15, -0.1) is 0 Å². The molecule has 0 aliphatic carbocycles. The maximum atomic E-state index is 13.8. The number of pyridine rings is 1. The highest BCUT2D eigenvalue weighted by Gasteiger charge is 2.47. The zero-order chi connectivity index (χ0) is 35.7. The molecule has 2 aliphatic rings. The van der Waals surface area contributed by atoms with Gasteiger partial charge in [0.2, 0.25) is 5.88 Å². The van der Waals surface area contributed by atoms with Crippen LogP contribution in [0.1, 0.15) is 66.5 Å². The van der Waals surface area contributed by atoms with E-state index in [1.54, 1.807) is 26.0 Å². The predicted octanol–water partition coefficient (Wildman–Crippen LogP) is 5.68. The molecule has 3 aromatic rings. The number of alkyl halides is 6. The Bertz CT molecular complexity index is 1710. The average molecular weight is 693 g/mol. The molecule has 1 fully saturated rings. The molecule has 49 heavy (non-hydrogen) atoms. The Balaban J connectivity index is 1.67. The standard InChI is InChI=1S/C32H34F6N8O3/c1-4-30(40)16-22(27-24(6-7-26(43-27)48-3)46(30)29(47)49-5-2)28-41-17-25(45-10-8-44(18-39)9-11-45)23(42-28)14-19-12-20(31(33,34)35)15-21(13-19)32(36,37)38/h6-7,12-13,15,17,22H,4-5,8-11,14,16,40H2,1-3H3/t22-,30+/m0/s1. The molecule has 5 rings (SSSR count). The van der Waals surface area contributed by atoms with Crippen LogP contribution in [0.15, 0.2) is 36.5 Å². The minimum absolute atomic E-state index is 0.0525. The zero-order valence-corrected chi connectivity index (χ0v) is 26.9. The van der Waals surface area contributed by atoms with Crippen LogP contribution < -0.4 is 20.3 Å². The number of nitrogens with zero attached hydrogens (tertiary/aromatic N) is 7. The van der Waals surface area contributed by atoms with Crippen LogP contribution in [0.3, 0.4) is 0 Å². The summed E-state index contributed by atoms with van der Waals surface area (Å²) in [5.74, 6) is -0.410. The smallest absolute Gasteiger partial charge is 0.416 e. The molecule has 2 aliphatic heterocycles. The van der Waals surface area contributed by atoms with Crippen molar-refractivity contribution in [3.05, 3.63) is 70.4 Å². The number of amides is 1. The van der Waals surface area contributed by atoms with Gasteiger partial charge in [0.1, 0.15) is 11.5 Å². The third-order valence-corrected chi connectivity index (χ3v) is 8.68. The van der Waals surface area contributed by atoms with E-state index in [4.69, 9.17) is 20.2 Å². The van der Waals surface area contributed by atoms with Gasteiger partial charge in [0.05, 0.1) is 59.7 Å². The van der Waals surface area contributed by atoms with Crippen molar-refractivity contribution in [2.45, 2.75) is 57.0 Å². The number of carbonyl (C=O) groups is 1. The minimum atomic E-state index is -5.03. The molecule has 2 aromatic heterocycles. The molecule has 1 amide bonds. The van der Waals surface area contributed by atoms with Crippen molar-refractivity contribution < 1.29 is 40.6 Å². The van der Waals surface area contributed by atoms with E-state index in [9.17, 15) is 36.4 Å². The Morgan fingerprint density at radius 1 is 1.02 bits per heavy atom. The number of carbonyl (C=O) groups excluding carboxylic acids is 1. The summed E-state index contributed by atoms with van der Waals surface area (Å²) in [5.41, 5.74) is 3.60. The van der Waals surface area contributed by atoms with Gasteiger partial charge in [-0.3, -0.25) is 4.90 Å². The monoisotopic (exact) mass is 692 g/mol. The van der Waals surface area contributed by atoms with Crippen molar-refractivity contribution in [1.82, 2.24) is 19.9 Å². The third-order valence-electron chi connectivity index (χ3n) is 8.68. The first-order valence-corrected chi connectivity index (χ1v) is 15.5. The third kappa shape index (κ3) is 7.28. The summed E-state index contributed by atoms with van der Waals surface area (Å²) < 4.78 is 93.3. The van der Waals surface area contributed by atoms with Crippen LogP contribution >= 0.6 is 0 Å². The molecular weight excluding hydrogens is 658 g/mol. The average Bonchev–Trinajstić information content (AvgIpc) is 3.07. The van der Waals surface area contributed by atoms with Gasteiger partial charge in [-0.2, -0.15) is 31.6 Å². The number of halogens is 6. The summed E-state index contributed by atoms with van der Waals surface area (Å²) in [6.07, 6.45) is -7.30. The molecule has 0 saturated carbocycles. The molecule has 1 saturated heterocycles. The number of nitrogens with two attached hydrogens (primary N) is 1. The Kier molecular flexibility index (Phi) is 9.82. The molecule has 0 bridgehead atoms. The maximum Gasteiger partial charge on any atom is 0.416 e. The van der Waals surface area contributed by atoms with Gasteiger partial charge >= 0.3 is 18.4 Å². The molecule has 17 heteroatoms. The van der Waals surface area contributed by atoms with Crippen LogP contribution in [0.4, 0.5) is 42.5 Å². The van der Waals surface area contributed by atoms with Crippen LogP contribution in [0.5, 0.6) is 5.88 Å². The van der Waals surface area contributed by atoms with E-state index in [1.165, 1.54) is 23.1 Å². The Morgan fingerprint density at radius 3 is 2.22 bits per heavy atom. The van der Waals surface area contributed by atoms with Gasteiger partial charge in [-0.05, 0) is 49.6 Å².